The number of benzene rings is 1. The second kappa shape index (κ2) is 9.05. The van der Waals surface area contributed by atoms with Gasteiger partial charge in [-0.25, -0.2) is 0 Å². The zero-order valence-electron chi connectivity index (χ0n) is 14.8. The Balaban J connectivity index is 1.89. The molecule has 0 aromatic heterocycles. The largest absolute Gasteiger partial charge is 0.384 e. The summed E-state index contributed by atoms with van der Waals surface area (Å²) in [6.07, 6.45) is 2.92. The number of nitrogens with zero attached hydrogens (tertiary/aromatic N) is 2. The van der Waals surface area contributed by atoms with Crippen molar-refractivity contribution >= 4 is 29.0 Å². The van der Waals surface area contributed by atoms with E-state index in [1.165, 1.54) is 0 Å². The van der Waals surface area contributed by atoms with Gasteiger partial charge < -0.3 is 20.8 Å². The van der Waals surface area contributed by atoms with Crippen molar-refractivity contribution in [3.8, 4) is 0 Å². The van der Waals surface area contributed by atoms with Crippen molar-refractivity contribution in [3.05, 3.63) is 24.3 Å². The average Bonchev–Trinajstić information content (AvgIpc) is 2.99. The Hall–Kier alpha value is -2.57. The zero-order valence-corrected chi connectivity index (χ0v) is 14.8. The van der Waals surface area contributed by atoms with Crippen molar-refractivity contribution in [2.45, 2.75) is 39.5 Å². The number of amidine groups is 1. The molecular formula is C18H26N4O3. The van der Waals surface area contributed by atoms with Gasteiger partial charge >= 0.3 is 0 Å². The van der Waals surface area contributed by atoms with Crippen LogP contribution in [0.2, 0.25) is 0 Å². The predicted octanol–water partition coefficient (Wildman–Crippen LogP) is 2.48. The minimum Gasteiger partial charge on any atom is -0.384 e. The van der Waals surface area contributed by atoms with Gasteiger partial charge in [0.1, 0.15) is 5.84 Å². The molecule has 1 heterocycles. The highest BCUT2D eigenvalue weighted by Crippen LogP contribution is 2.29. The Morgan fingerprint density at radius 1 is 1.40 bits per heavy atom. The molecule has 1 fully saturated rings. The summed E-state index contributed by atoms with van der Waals surface area (Å²) in [5.74, 6) is 0.631. The number of anilines is 2. The number of nitrogens with one attached hydrogen (secondary N) is 1. The molecule has 0 radical (unpaired) electrons. The van der Waals surface area contributed by atoms with Crippen LogP contribution >= 0.6 is 0 Å². The van der Waals surface area contributed by atoms with E-state index < -0.39 is 0 Å². The number of carbonyl (C=O) groups is 2. The Morgan fingerprint density at radius 3 is 2.84 bits per heavy atom. The van der Waals surface area contributed by atoms with Crippen LogP contribution in [0.3, 0.4) is 0 Å². The van der Waals surface area contributed by atoms with Crippen molar-refractivity contribution in [1.29, 1.82) is 0 Å². The van der Waals surface area contributed by atoms with E-state index in [1.807, 2.05) is 18.2 Å². The van der Waals surface area contributed by atoms with Crippen LogP contribution in [-0.4, -0.2) is 30.8 Å². The molecule has 1 saturated heterocycles. The number of hydrogen-bond donors (Lipinski definition) is 2. The van der Waals surface area contributed by atoms with Crippen LogP contribution in [0, 0.1) is 5.92 Å². The number of oxime groups is 1. The number of nitrogens with two attached hydrogens (primary N) is 1. The molecule has 2 amide bonds. The first kappa shape index (κ1) is 18.8. The average molecular weight is 346 g/mol. The number of para-hydroxylation sites is 2. The monoisotopic (exact) mass is 346 g/mol. The second-order valence-corrected chi connectivity index (χ2v) is 6.50. The maximum Gasteiger partial charge on any atom is 0.265 e. The summed E-state index contributed by atoms with van der Waals surface area (Å²) in [6, 6.07) is 7.23. The highest BCUT2D eigenvalue weighted by Gasteiger charge is 2.24. The lowest BCUT2D eigenvalue weighted by molar-refractivity contribution is -0.120. The van der Waals surface area contributed by atoms with E-state index in [4.69, 9.17) is 10.6 Å². The Bertz CT molecular complexity index is 643. The standard InChI is InChI=1S/C18H26N4O3/c1-13(2)9-10-16(19)21-25-12-17(23)20-14-6-3-4-7-15(14)22-11-5-8-18(22)24/h3-4,6-7,13H,5,8-12H2,1-2H3,(H2,19,21)(H,20,23). The van der Waals surface area contributed by atoms with E-state index >= 15 is 0 Å². The molecule has 0 atom stereocenters. The summed E-state index contributed by atoms with van der Waals surface area (Å²) >= 11 is 0. The molecular weight excluding hydrogens is 320 g/mol. The fraction of sp³-hybridized carbons (Fsp3) is 0.500. The third kappa shape index (κ3) is 5.77. The van der Waals surface area contributed by atoms with Crippen molar-refractivity contribution in [3.63, 3.8) is 0 Å². The Kier molecular flexibility index (Phi) is 6.80. The van der Waals surface area contributed by atoms with E-state index in [0.717, 1.165) is 12.8 Å². The first-order valence-corrected chi connectivity index (χ1v) is 8.61. The van der Waals surface area contributed by atoms with Crippen LogP contribution in [0.1, 0.15) is 39.5 Å². The Morgan fingerprint density at radius 2 is 2.16 bits per heavy atom. The SMILES string of the molecule is CC(C)CC/C(N)=N/OCC(=O)Nc1ccccc1N1CCCC1=O. The molecule has 0 aliphatic carbocycles. The third-order valence-electron chi connectivity index (χ3n) is 3.90. The molecule has 7 heteroatoms. The van der Waals surface area contributed by atoms with Crippen LogP contribution in [-0.2, 0) is 14.4 Å². The van der Waals surface area contributed by atoms with Crippen molar-refractivity contribution in [2.75, 3.05) is 23.4 Å². The van der Waals surface area contributed by atoms with E-state index in [9.17, 15) is 9.59 Å². The van der Waals surface area contributed by atoms with Gasteiger partial charge in [-0.05, 0) is 30.9 Å². The van der Waals surface area contributed by atoms with Crippen LogP contribution in [0.4, 0.5) is 11.4 Å². The molecule has 2 rings (SSSR count). The summed E-state index contributed by atoms with van der Waals surface area (Å²) in [5, 5.41) is 6.52. The summed E-state index contributed by atoms with van der Waals surface area (Å²) in [7, 11) is 0. The number of amides is 2. The van der Waals surface area contributed by atoms with Gasteiger partial charge in [-0.3, -0.25) is 9.59 Å². The van der Waals surface area contributed by atoms with Gasteiger partial charge in [-0.2, -0.15) is 0 Å². The Labute approximate surface area is 148 Å². The minimum absolute atomic E-state index is 0.0699. The molecule has 3 N–H and O–H groups in total. The lowest BCUT2D eigenvalue weighted by Crippen LogP contribution is -2.26. The zero-order chi connectivity index (χ0) is 18.2. The quantitative estimate of drug-likeness (QED) is 0.429. The van der Waals surface area contributed by atoms with E-state index in [0.29, 0.717) is 42.5 Å². The minimum atomic E-state index is -0.348. The van der Waals surface area contributed by atoms with Crippen LogP contribution in [0.25, 0.3) is 0 Å². The van der Waals surface area contributed by atoms with Gasteiger partial charge in [0.2, 0.25) is 5.91 Å². The number of carbonyl (C=O) groups excluding carboxylic acids is 2. The molecule has 0 bridgehead atoms. The third-order valence-corrected chi connectivity index (χ3v) is 3.90. The summed E-state index contributed by atoms with van der Waals surface area (Å²) in [6.45, 7) is 4.64. The smallest absolute Gasteiger partial charge is 0.265 e. The van der Waals surface area contributed by atoms with Crippen LogP contribution in [0.5, 0.6) is 0 Å². The molecule has 7 nitrogen and oxygen atoms in total. The first-order valence-electron chi connectivity index (χ1n) is 8.61. The maximum atomic E-state index is 12.1. The van der Waals surface area contributed by atoms with Gasteiger partial charge in [0, 0.05) is 19.4 Å². The summed E-state index contributed by atoms with van der Waals surface area (Å²) < 4.78 is 0. The molecule has 25 heavy (non-hydrogen) atoms. The van der Waals surface area contributed by atoms with Crippen LogP contribution in [0.15, 0.2) is 29.4 Å². The van der Waals surface area contributed by atoms with Gasteiger partial charge in [-0.1, -0.05) is 31.1 Å². The molecule has 136 valence electrons. The first-order chi connectivity index (χ1) is 12.0. The van der Waals surface area contributed by atoms with Gasteiger partial charge in [0.25, 0.3) is 5.91 Å². The lowest BCUT2D eigenvalue weighted by Gasteiger charge is -2.19. The molecule has 1 aromatic carbocycles. The normalized spacial score (nSPS) is 14.9. The van der Waals surface area contributed by atoms with Crippen molar-refractivity contribution in [2.24, 2.45) is 16.8 Å². The summed E-state index contributed by atoms with van der Waals surface area (Å²) in [4.78, 5) is 30.7. The molecule has 1 aromatic rings. The highest BCUT2D eigenvalue weighted by atomic mass is 16.6. The van der Waals surface area contributed by atoms with E-state index in [1.54, 1.807) is 11.0 Å². The molecule has 1 aliphatic rings. The van der Waals surface area contributed by atoms with Gasteiger partial charge in [-0.15, -0.1) is 0 Å². The molecule has 0 unspecified atom stereocenters. The van der Waals surface area contributed by atoms with Gasteiger partial charge in [0.05, 0.1) is 11.4 Å². The fourth-order valence-corrected chi connectivity index (χ4v) is 2.56. The predicted molar refractivity (Wildman–Crippen MR) is 98.3 cm³/mol. The van der Waals surface area contributed by atoms with E-state index in [-0.39, 0.29) is 18.4 Å². The van der Waals surface area contributed by atoms with Crippen molar-refractivity contribution < 1.29 is 14.4 Å². The van der Waals surface area contributed by atoms with Crippen molar-refractivity contribution in [1.82, 2.24) is 0 Å². The summed E-state index contributed by atoms with van der Waals surface area (Å²) in [5.41, 5.74) is 7.02. The maximum absolute atomic E-state index is 12.1. The highest BCUT2D eigenvalue weighted by molar-refractivity contribution is 6.02. The molecule has 0 saturated carbocycles. The lowest BCUT2D eigenvalue weighted by atomic mass is 10.1. The molecule has 1 aliphatic heterocycles. The fourth-order valence-electron chi connectivity index (χ4n) is 2.56. The molecule has 0 spiro atoms. The number of hydrogen-bond acceptors (Lipinski definition) is 4. The second-order valence-electron chi connectivity index (χ2n) is 6.50. The van der Waals surface area contributed by atoms with E-state index in [2.05, 4.69) is 24.3 Å². The van der Waals surface area contributed by atoms with Gasteiger partial charge in [0.15, 0.2) is 6.61 Å². The number of rotatable bonds is 8. The topological polar surface area (TPSA) is 97.0 Å². The van der Waals surface area contributed by atoms with Crippen LogP contribution < -0.4 is 16.0 Å².